The van der Waals surface area contributed by atoms with Gasteiger partial charge in [-0.05, 0) is 59.1 Å². The summed E-state index contributed by atoms with van der Waals surface area (Å²) >= 11 is 3.29. The average Bonchev–Trinajstić information content (AvgIpc) is 3.05. The molecule has 1 fully saturated rings. The summed E-state index contributed by atoms with van der Waals surface area (Å²) in [6.07, 6.45) is 3.81. The molecule has 4 rings (SSSR count). The molecule has 0 N–H and O–H groups in total. The standard InChI is InChI=1S/C18H16BrFN4O/c19-15-10-13(20)6-7-14(15)18(25)23-8-3-4-12(11-23)17-22-21-16-5-1-2-9-24(16)17/h1-2,5-7,9-10,12H,3-4,8,11H2/t12-/m0/s1. The van der Waals surface area contributed by atoms with E-state index in [0.717, 1.165) is 24.3 Å². The second-order valence-corrected chi connectivity index (χ2v) is 7.06. The molecule has 1 atom stereocenters. The maximum Gasteiger partial charge on any atom is 0.255 e. The zero-order valence-corrected chi connectivity index (χ0v) is 15.0. The minimum absolute atomic E-state index is 0.0922. The van der Waals surface area contributed by atoms with E-state index in [4.69, 9.17) is 0 Å². The molecule has 7 heteroatoms. The zero-order valence-electron chi connectivity index (χ0n) is 13.4. The molecule has 0 bridgehead atoms. The summed E-state index contributed by atoms with van der Waals surface area (Å²) in [6.45, 7) is 1.27. The molecule has 0 spiro atoms. The Hall–Kier alpha value is -2.28. The Balaban J connectivity index is 1.59. The maximum absolute atomic E-state index is 13.3. The Kier molecular flexibility index (Phi) is 4.25. The largest absolute Gasteiger partial charge is 0.338 e. The van der Waals surface area contributed by atoms with Crippen LogP contribution in [0.2, 0.25) is 0 Å². The van der Waals surface area contributed by atoms with Crippen LogP contribution in [0.25, 0.3) is 5.65 Å². The summed E-state index contributed by atoms with van der Waals surface area (Å²) in [5, 5.41) is 8.54. The molecule has 1 aromatic carbocycles. The summed E-state index contributed by atoms with van der Waals surface area (Å²) in [7, 11) is 0. The van der Waals surface area contributed by atoms with E-state index in [1.165, 1.54) is 18.2 Å². The number of nitrogens with zero attached hydrogens (tertiary/aromatic N) is 4. The van der Waals surface area contributed by atoms with Crippen LogP contribution in [0.5, 0.6) is 0 Å². The van der Waals surface area contributed by atoms with Crippen LogP contribution >= 0.6 is 15.9 Å². The number of carbonyl (C=O) groups is 1. The average molecular weight is 403 g/mol. The Morgan fingerprint density at radius 2 is 2.12 bits per heavy atom. The number of piperidine rings is 1. The normalized spacial score (nSPS) is 17.8. The van der Waals surface area contributed by atoms with Gasteiger partial charge in [0.05, 0.1) is 5.56 Å². The topological polar surface area (TPSA) is 50.5 Å². The van der Waals surface area contributed by atoms with Gasteiger partial charge in [-0.1, -0.05) is 6.07 Å². The molecule has 0 aliphatic carbocycles. The Labute approximate surface area is 152 Å². The molecule has 3 heterocycles. The molecule has 0 saturated carbocycles. The second kappa shape index (κ2) is 6.55. The Bertz CT molecular complexity index is 942. The van der Waals surface area contributed by atoms with Crippen LogP contribution < -0.4 is 0 Å². The van der Waals surface area contributed by atoms with Crippen molar-refractivity contribution in [3.05, 3.63) is 64.3 Å². The third-order valence-electron chi connectivity index (χ3n) is 4.58. The molecule has 25 heavy (non-hydrogen) atoms. The number of halogens is 2. The van der Waals surface area contributed by atoms with Gasteiger partial charge in [-0.25, -0.2) is 4.39 Å². The van der Waals surface area contributed by atoms with E-state index in [0.29, 0.717) is 23.1 Å². The number of pyridine rings is 1. The van der Waals surface area contributed by atoms with Crippen molar-refractivity contribution in [1.82, 2.24) is 19.5 Å². The fourth-order valence-electron chi connectivity index (χ4n) is 3.34. The highest BCUT2D eigenvalue weighted by Crippen LogP contribution is 2.28. The van der Waals surface area contributed by atoms with Crippen molar-refractivity contribution in [1.29, 1.82) is 0 Å². The molecule has 128 valence electrons. The van der Waals surface area contributed by atoms with E-state index in [2.05, 4.69) is 26.1 Å². The molecule has 0 unspecified atom stereocenters. The monoisotopic (exact) mass is 402 g/mol. The van der Waals surface area contributed by atoms with Crippen LogP contribution in [0, 0.1) is 5.82 Å². The predicted octanol–water partition coefficient (Wildman–Crippen LogP) is 3.65. The minimum Gasteiger partial charge on any atom is -0.338 e. The highest BCUT2D eigenvalue weighted by atomic mass is 79.9. The van der Waals surface area contributed by atoms with Gasteiger partial charge in [-0.2, -0.15) is 0 Å². The van der Waals surface area contributed by atoms with Gasteiger partial charge < -0.3 is 4.90 Å². The van der Waals surface area contributed by atoms with E-state index in [9.17, 15) is 9.18 Å². The van der Waals surface area contributed by atoms with Gasteiger partial charge in [0.15, 0.2) is 5.65 Å². The van der Waals surface area contributed by atoms with Crippen LogP contribution in [-0.2, 0) is 0 Å². The van der Waals surface area contributed by atoms with E-state index in [-0.39, 0.29) is 17.6 Å². The van der Waals surface area contributed by atoms with E-state index in [1.54, 1.807) is 0 Å². The molecule has 1 saturated heterocycles. The van der Waals surface area contributed by atoms with Crippen molar-refractivity contribution in [3.63, 3.8) is 0 Å². The Morgan fingerprint density at radius 3 is 2.96 bits per heavy atom. The van der Waals surface area contributed by atoms with Crippen molar-refractivity contribution < 1.29 is 9.18 Å². The van der Waals surface area contributed by atoms with E-state index < -0.39 is 0 Å². The van der Waals surface area contributed by atoms with E-state index >= 15 is 0 Å². The zero-order chi connectivity index (χ0) is 17.4. The highest BCUT2D eigenvalue weighted by molar-refractivity contribution is 9.10. The first kappa shape index (κ1) is 16.2. The first-order valence-electron chi connectivity index (χ1n) is 8.17. The van der Waals surface area contributed by atoms with Crippen molar-refractivity contribution in [2.75, 3.05) is 13.1 Å². The smallest absolute Gasteiger partial charge is 0.255 e. The summed E-state index contributed by atoms with van der Waals surface area (Å²) in [5.41, 5.74) is 1.29. The van der Waals surface area contributed by atoms with Crippen molar-refractivity contribution in [2.45, 2.75) is 18.8 Å². The van der Waals surface area contributed by atoms with Gasteiger partial charge in [0.2, 0.25) is 0 Å². The number of amides is 1. The quantitative estimate of drug-likeness (QED) is 0.657. The molecular formula is C18H16BrFN4O. The summed E-state index contributed by atoms with van der Waals surface area (Å²) in [5.74, 6) is 0.556. The predicted molar refractivity (Wildman–Crippen MR) is 95.0 cm³/mol. The van der Waals surface area contributed by atoms with Crippen LogP contribution in [0.1, 0.15) is 34.9 Å². The highest BCUT2D eigenvalue weighted by Gasteiger charge is 2.29. The third kappa shape index (κ3) is 3.04. The SMILES string of the molecule is O=C(c1ccc(F)cc1Br)N1CCC[C@H](c2nnc3ccccn23)C1. The molecule has 1 amide bonds. The fraction of sp³-hybridized carbons (Fsp3) is 0.278. The van der Waals surface area contributed by atoms with Gasteiger partial charge in [-0.3, -0.25) is 9.20 Å². The summed E-state index contributed by atoms with van der Waals surface area (Å²) in [4.78, 5) is 14.7. The lowest BCUT2D eigenvalue weighted by atomic mass is 9.96. The van der Waals surface area contributed by atoms with Gasteiger partial charge >= 0.3 is 0 Å². The molecule has 5 nitrogen and oxygen atoms in total. The first-order valence-corrected chi connectivity index (χ1v) is 8.97. The lowest BCUT2D eigenvalue weighted by Gasteiger charge is -2.32. The van der Waals surface area contributed by atoms with Gasteiger partial charge in [-0.15, -0.1) is 10.2 Å². The maximum atomic E-state index is 13.3. The number of rotatable bonds is 2. The number of aromatic nitrogens is 3. The van der Waals surface area contributed by atoms with Crippen molar-refractivity contribution in [3.8, 4) is 0 Å². The van der Waals surface area contributed by atoms with Crippen LogP contribution in [0.4, 0.5) is 4.39 Å². The minimum atomic E-state index is -0.366. The van der Waals surface area contributed by atoms with E-state index in [1.807, 2.05) is 33.7 Å². The molecule has 1 aliphatic heterocycles. The second-order valence-electron chi connectivity index (χ2n) is 6.20. The summed E-state index contributed by atoms with van der Waals surface area (Å²) < 4.78 is 15.7. The first-order chi connectivity index (χ1) is 12.1. The van der Waals surface area contributed by atoms with Crippen LogP contribution in [-0.4, -0.2) is 38.5 Å². The number of hydrogen-bond acceptors (Lipinski definition) is 3. The number of carbonyl (C=O) groups excluding carboxylic acids is 1. The lowest BCUT2D eigenvalue weighted by molar-refractivity contribution is 0.0703. The van der Waals surface area contributed by atoms with Crippen molar-refractivity contribution >= 4 is 27.5 Å². The molecule has 0 radical (unpaired) electrons. The number of likely N-dealkylation sites (tertiary alicyclic amines) is 1. The molecule has 2 aromatic heterocycles. The van der Waals surface area contributed by atoms with Crippen LogP contribution in [0.3, 0.4) is 0 Å². The third-order valence-corrected chi connectivity index (χ3v) is 5.23. The fourth-order valence-corrected chi connectivity index (χ4v) is 3.86. The Morgan fingerprint density at radius 1 is 1.24 bits per heavy atom. The molecular weight excluding hydrogens is 387 g/mol. The van der Waals surface area contributed by atoms with Gasteiger partial charge in [0.1, 0.15) is 11.6 Å². The van der Waals surface area contributed by atoms with Crippen molar-refractivity contribution in [2.24, 2.45) is 0 Å². The number of benzene rings is 1. The molecule has 1 aliphatic rings. The summed E-state index contributed by atoms with van der Waals surface area (Å²) in [6, 6.07) is 9.94. The number of fused-ring (bicyclic) bond motifs is 1. The van der Waals surface area contributed by atoms with Gasteiger partial charge in [0.25, 0.3) is 5.91 Å². The van der Waals surface area contributed by atoms with Gasteiger partial charge in [0, 0.05) is 29.7 Å². The van der Waals surface area contributed by atoms with Crippen LogP contribution in [0.15, 0.2) is 47.1 Å². The number of hydrogen-bond donors (Lipinski definition) is 0. The lowest BCUT2D eigenvalue weighted by Crippen LogP contribution is -2.39. The molecule has 3 aromatic rings.